The fourth-order valence-corrected chi connectivity index (χ4v) is 3.46. The topological polar surface area (TPSA) is 55.1 Å². The molecular weight excluding hydrogens is 380 g/mol. The van der Waals surface area contributed by atoms with Gasteiger partial charge in [0.2, 0.25) is 5.91 Å². The molecule has 0 radical (unpaired) electrons. The predicted octanol–water partition coefficient (Wildman–Crippen LogP) is 3.61. The van der Waals surface area contributed by atoms with E-state index in [0.29, 0.717) is 5.69 Å². The molecule has 1 saturated carbocycles. The standard InChI is InChI=1S/C12H12Br2N2OS/c13-7-3-1-4-8(14)9(7)16-11(17)12(10(15)18)5-2-6-12/h1,3-4H,2,5-6H2,(H2,15,18)(H,16,17). The molecule has 1 fully saturated rings. The van der Waals surface area contributed by atoms with Crippen LogP contribution >= 0.6 is 44.1 Å². The summed E-state index contributed by atoms with van der Waals surface area (Å²) in [6.45, 7) is 0. The van der Waals surface area contributed by atoms with Crippen molar-refractivity contribution in [1.29, 1.82) is 0 Å². The molecule has 1 amide bonds. The lowest BCUT2D eigenvalue weighted by molar-refractivity contribution is -0.125. The quantitative estimate of drug-likeness (QED) is 0.774. The van der Waals surface area contributed by atoms with Crippen molar-refractivity contribution >= 4 is 60.7 Å². The molecular formula is C12H12Br2N2OS. The van der Waals surface area contributed by atoms with Crippen LogP contribution in [0.3, 0.4) is 0 Å². The molecule has 1 aromatic rings. The zero-order chi connectivity index (χ0) is 13.3. The van der Waals surface area contributed by atoms with Crippen LogP contribution in [0.1, 0.15) is 19.3 Å². The molecule has 0 atom stereocenters. The van der Waals surface area contributed by atoms with E-state index in [1.165, 1.54) is 0 Å². The third-order valence-corrected chi connectivity index (χ3v) is 5.03. The normalized spacial score (nSPS) is 16.8. The third kappa shape index (κ3) is 2.33. The molecule has 0 aliphatic heterocycles. The van der Waals surface area contributed by atoms with E-state index in [2.05, 4.69) is 37.2 Å². The minimum atomic E-state index is -0.663. The maximum absolute atomic E-state index is 12.3. The Kier molecular flexibility index (Phi) is 4.08. The molecule has 0 aromatic heterocycles. The highest BCUT2D eigenvalue weighted by Gasteiger charge is 2.47. The van der Waals surface area contributed by atoms with Crippen LogP contribution in [0.25, 0.3) is 0 Å². The van der Waals surface area contributed by atoms with Crippen molar-refractivity contribution in [2.24, 2.45) is 11.1 Å². The Labute approximate surface area is 128 Å². The van der Waals surface area contributed by atoms with E-state index in [4.69, 9.17) is 18.0 Å². The van der Waals surface area contributed by atoms with Gasteiger partial charge in [0, 0.05) is 8.95 Å². The first-order valence-corrected chi connectivity index (χ1v) is 7.52. The zero-order valence-corrected chi connectivity index (χ0v) is 13.5. The van der Waals surface area contributed by atoms with Crippen molar-refractivity contribution in [2.75, 3.05) is 5.32 Å². The lowest BCUT2D eigenvalue weighted by Crippen LogP contribution is -2.50. The fraction of sp³-hybridized carbons (Fsp3) is 0.333. The Balaban J connectivity index is 2.24. The second-order valence-corrected chi connectivity index (χ2v) is 6.50. The van der Waals surface area contributed by atoms with E-state index in [-0.39, 0.29) is 10.9 Å². The molecule has 0 bridgehead atoms. The summed E-state index contributed by atoms with van der Waals surface area (Å²) in [6, 6.07) is 5.62. The number of carbonyl (C=O) groups is 1. The molecule has 1 aliphatic rings. The summed E-state index contributed by atoms with van der Waals surface area (Å²) in [6.07, 6.45) is 2.45. The van der Waals surface area contributed by atoms with Gasteiger partial charge in [0.15, 0.2) is 0 Å². The summed E-state index contributed by atoms with van der Waals surface area (Å²) in [5, 5.41) is 2.90. The number of benzene rings is 1. The first kappa shape index (κ1) is 14.0. The second-order valence-electron chi connectivity index (χ2n) is 4.35. The number of amides is 1. The van der Waals surface area contributed by atoms with Crippen LogP contribution < -0.4 is 11.1 Å². The van der Waals surface area contributed by atoms with Gasteiger partial charge in [0.25, 0.3) is 0 Å². The van der Waals surface area contributed by atoms with Crippen LogP contribution in [0.5, 0.6) is 0 Å². The van der Waals surface area contributed by atoms with Gasteiger partial charge >= 0.3 is 0 Å². The van der Waals surface area contributed by atoms with Crippen molar-refractivity contribution in [1.82, 2.24) is 0 Å². The number of anilines is 1. The van der Waals surface area contributed by atoms with Crippen molar-refractivity contribution in [3.05, 3.63) is 27.1 Å². The highest BCUT2D eigenvalue weighted by Crippen LogP contribution is 2.43. The maximum atomic E-state index is 12.3. The van der Waals surface area contributed by atoms with Crippen LogP contribution in [0.2, 0.25) is 0 Å². The minimum absolute atomic E-state index is 0.117. The lowest BCUT2D eigenvalue weighted by Gasteiger charge is -2.39. The Hall–Kier alpha value is -0.460. The molecule has 3 nitrogen and oxygen atoms in total. The second kappa shape index (κ2) is 5.27. The molecule has 2 rings (SSSR count). The highest BCUT2D eigenvalue weighted by atomic mass is 79.9. The van der Waals surface area contributed by atoms with Gasteiger partial charge in [0.1, 0.15) is 0 Å². The summed E-state index contributed by atoms with van der Waals surface area (Å²) in [5.74, 6) is -0.117. The van der Waals surface area contributed by atoms with E-state index in [9.17, 15) is 4.79 Å². The maximum Gasteiger partial charge on any atom is 0.237 e. The van der Waals surface area contributed by atoms with Crippen molar-refractivity contribution in [2.45, 2.75) is 19.3 Å². The molecule has 0 unspecified atom stereocenters. The first-order chi connectivity index (χ1) is 8.47. The average Bonchev–Trinajstić information content (AvgIpc) is 2.21. The summed E-state index contributed by atoms with van der Waals surface area (Å²) in [4.78, 5) is 12.6. The largest absolute Gasteiger partial charge is 0.392 e. The molecule has 0 saturated heterocycles. The van der Waals surface area contributed by atoms with E-state index in [1.807, 2.05) is 18.2 Å². The van der Waals surface area contributed by atoms with Gasteiger partial charge in [-0.05, 0) is 56.8 Å². The molecule has 1 aromatic carbocycles. The van der Waals surface area contributed by atoms with Gasteiger partial charge < -0.3 is 11.1 Å². The fourth-order valence-electron chi connectivity index (χ4n) is 1.97. The number of halogens is 2. The Morgan fingerprint density at radius 1 is 1.33 bits per heavy atom. The van der Waals surface area contributed by atoms with Crippen molar-refractivity contribution in [3.8, 4) is 0 Å². The van der Waals surface area contributed by atoms with Gasteiger partial charge in [0.05, 0.1) is 16.1 Å². The summed E-state index contributed by atoms with van der Waals surface area (Å²) in [5.41, 5.74) is 5.76. The molecule has 3 N–H and O–H groups in total. The van der Waals surface area contributed by atoms with Gasteiger partial charge in [-0.2, -0.15) is 0 Å². The Morgan fingerprint density at radius 3 is 2.28 bits per heavy atom. The number of hydrogen-bond acceptors (Lipinski definition) is 2. The SMILES string of the molecule is NC(=S)C1(C(=O)Nc2c(Br)cccc2Br)CCC1. The van der Waals surface area contributed by atoms with Gasteiger partial charge in [-0.15, -0.1) is 0 Å². The van der Waals surface area contributed by atoms with Crippen LogP contribution in [0.4, 0.5) is 5.69 Å². The molecule has 18 heavy (non-hydrogen) atoms. The van der Waals surface area contributed by atoms with Gasteiger partial charge in [-0.1, -0.05) is 24.7 Å². The Morgan fingerprint density at radius 2 is 1.89 bits per heavy atom. The lowest BCUT2D eigenvalue weighted by atomic mass is 9.68. The highest BCUT2D eigenvalue weighted by molar-refractivity contribution is 9.11. The Bertz CT molecular complexity index is 495. The monoisotopic (exact) mass is 390 g/mol. The van der Waals surface area contributed by atoms with Gasteiger partial charge in [-0.3, -0.25) is 4.79 Å². The van der Waals surface area contributed by atoms with Crippen molar-refractivity contribution < 1.29 is 4.79 Å². The van der Waals surface area contributed by atoms with Crippen molar-refractivity contribution in [3.63, 3.8) is 0 Å². The molecule has 96 valence electrons. The number of nitrogens with one attached hydrogen (secondary N) is 1. The van der Waals surface area contributed by atoms with E-state index in [0.717, 1.165) is 28.2 Å². The molecule has 0 spiro atoms. The number of hydrogen-bond donors (Lipinski definition) is 2. The number of nitrogens with two attached hydrogens (primary N) is 1. The van der Waals surface area contributed by atoms with E-state index in [1.54, 1.807) is 0 Å². The van der Waals surface area contributed by atoms with Crippen LogP contribution in [0.15, 0.2) is 27.1 Å². The summed E-state index contributed by atoms with van der Waals surface area (Å²) < 4.78 is 1.64. The third-order valence-electron chi connectivity index (χ3n) is 3.31. The van der Waals surface area contributed by atoms with Crippen LogP contribution in [-0.4, -0.2) is 10.9 Å². The zero-order valence-electron chi connectivity index (χ0n) is 9.50. The first-order valence-electron chi connectivity index (χ1n) is 5.53. The molecule has 6 heteroatoms. The smallest absolute Gasteiger partial charge is 0.237 e. The van der Waals surface area contributed by atoms with E-state index >= 15 is 0 Å². The molecule has 1 aliphatic carbocycles. The number of carbonyl (C=O) groups excluding carboxylic acids is 1. The van der Waals surface area contributed by atoms with E-state index < -0.39 is 5.41 Å². The molecule has 0 heterocycles. The average molecular weight is 392 g/mol. The number of thiocarbonyl (C=S) groups is 1. The van der Waals surface area contributed by atoms with Gasteiger partial charge in [-0.25, -0.2) is 0 Å². The van der Waals surface area contributed by atoms with Crippen LogP contribution in [0, 0.1) is 5.41 Å². The minimum Gasteiger partial charge on any atom is -0.392 e. The van der Waals surface area contributed by atoms with Crippen LogP contribution in [-0.2, 0) is 4.79 Å². The number of rotatable bonds is 3. The summed E-state index contributed by atoms with van der Waals surface area (Å²) >= 11 is 11.9. The predicted molar refractivity (Wildman–Crippen MR) is 83.5 cm³/mol. The number of para-hydroxylation sites is 1. The summed E-state index contributed by atoms with van der Waals surface area (Å²) in [7, 11) is 0.